The molecule has 0 aliphatic heterocycles. The molecule has 7 heteroatoms. The van der Waals surface area contributed by atoms with Crippen molar-refractivity contribution in [2.24, 2.45) is 0 Å². The second-order valence-electron chi connectivity index (χ2n) is 5.51. The molecule has 3 aromatic rings. The second-order valence-corrected chi connectivity index (χ2v) is 5.51. The molecule has 126 valence electrons. The third-order valence-corrected chi connectivity index (χ3v) is 3.60. The first kappa shape index (κ1) is 16.5. The smallest absolute Gasteiger partial charge is 0.226 e. The maximum Gasteiger partial charge on any atom is 0.226 e. The largest absolute Gasteiger partial charge is 0.326 e. The number of hydrogen-bond acceptors (Lipinski definition) is 5. The normalized spacial score (nSPS) is 10.4. The Hall–Kier alpha value is -3.35. The van der Waals surface area contributed by atoms with Crippen molar-refractivity contribution in [2.75, 3.05) is 5.32 Å². The molecule has 1 N–H and O–H groups in total. The van der Waals surface area contributed by atoms with Gasteiger partial charge >= 0.3 is 0 Å². The van der Waals surface area contributed by atoms with Gasteiger partial charge in [0.25, 0.3) is 0 Å². The fraction of sp³-hybridized carbons (Fsp3) is 0.167. The Balaban J connectivity index is 1.54. The Morgan fingerprint density at radius 2 is 1.76 bits per heavy atom. The highest BCUT2D eigenvalue weighted by Gasteiger charge is 2.08. The summed E-state index contributed by atoms with van der Waals surface area (Å²) in [7, 11) is 0. The van der Waals surface area contributed by atoms with Crippen molar-refractivity contribution >= 4 is 17.4 Å². The first-order valence-electron chi connectivity index (χ1n) is 7.86. The molecule has 1 aromatic heterocycles. The summed E-state index contributed by atoms with van der Waals surface area (Å²) >= 11 is 0. The average Bonchev–Trinajstić information content (AvgIpc) is 3.10. The van der Waals surface area contributed by atoms with Crippen LogP contribution in [0.5, 0.6) is 0 Å². The van der Waals surface area contributed by atoms with Gasteiger partial charge in [-0.1, -0.05) is 30.3 Å². The molecule has 0 radical (unpaired) electrons. The van der Waals surface area contributed by atoms with Crippen LogP contribution in [0, 0.1) is 0 Å². The van der Waals surface area contributed by atoms with Crippen LogP contribution in [0.25, 0.3) is 11.4 Å². The molecule has 0 unspecified atom stereocenters. The van der Waals surface area contributed by atoms with E-state index in [1.165, 1.54) is 11.7 Å². The van der Waals surface area contributed by atoms with E-state index in [1.54, 1.807) is 24.3 Å². The van der Waals surface area contributed by atoms with Gasteiger partial charge in [0.15, 0.2) is 5.78 Å². The number of nitrogens with zero attached hydrogens (tertiary/aromatic N) is 4. The molecule has 0 aliphatic carbocycles. The summed E-state index contributed by atoms with van der Waals surface area (Å²) in [5, 5.41) is 15.0. The first-order chi connectivity index (χ1) is 12.1. The van der Waals surface area contributed by atoms with E-state index >= 15 is 0 Å². The van der Waals surface area contributed by atoms with Crippen molar-refractivity contribution in [3.63, 3.8) is 0 Å². The van der Waals surface area contributed by atoms with E-state index in [9.17, 15) is 9.59 Å². The number of nitrogens with one attached hydrogen (secondary N) is 1. The molecular weight excluding hydrogens is 318 g/mol. The number of aromatic nitrogens is 4. The molecule has 1 amide bonds. The Labute approximate surface area is 144 Å². The minimum atomic E-state index is -0.158. The summed E-state index contributed by atoms with van der Waals surface area (Å²) in [4.78, 5) is 24.7. The molecular formula is C18H17N5O2. The Bertz CT molecular complexity index is 872. The predicted octanol–water partition coefficient (Wildman–Crippen LogP) is 2.57. The molecule has 0 saturated heterocycles. The predicted molar refractivity (Wildman–Crippen MR) is 92.9 cm³/mol. The SMILES string of the molecule is CC(=O)c1ccc(NC(=O)CCn2nnc(-c3ccccc3)n2)cc1. The molecule has 0 aliphatic rings. The third-order valence-electron chi connectivity index (χ3n) is 3.60. The number of aryl methyl sites for hydroxylation is 1. The number of carbonyl (C=O) groups excluding carboxylic acids is 2. The Morgan fingerprint density at radius 3 is 2.44 bits per heavy atom. The topological polar surface area (TPSA) is 89.8 Å². The van der Waals surface area contributed by atoms with E-state index in [1.807, 2.05) is 30.3 Å². The summed E-state index contributed by atoms with van der Waals surface area (Å²) < 4.78 is 0. The summed E-state index contributed by atoms with van der Waals surface area (Å²) in [6.07, 6.45) is 0.221. The highest BCUT2D eigenvalue weighted by Crippen LogP contribution is 2.12. The average molecular weight is 335 g/mol. The fourth-order valence-electron chi connectivity index (χ4n) is 2.25. The fourth-order valence-corrected chi connectivity index (χ4v) is 2.25. The molecule has 3 rings (SSSR count). The highest BCUT2D eigenvalue weighted by atomic mass is 16.1. The van der Waals surface area contributed by atoms with Crippen molar-refractivity contribution in [2.45, 2.75) is 19.9 Å². The lowest BCUT2D eigenvalue weighted by atomic mass is 10.1. The lowest BCUT2D eigenvalue weighted by molar-refractivity contribution is -0.116. The number of anilines is 1. The molecule has 0 atom stereocenters. The van der Waals surface area contributed by atoms with E-state index in [0.717, 1.165) is 5.56 Å². The van der Waals surface area contributed by atoms with Gasteiger partial charge in [0.1, 0.15) is 0 Å². The molecule has 2 aromatic carbocycles. The maximum atomic E-state index is 12.0. The number of benzene rings is 2. The number of ketones is 1. The molecule has 1 heterocycles. The summed E-state index contributed by atoms with van der Waals surface area (Å²) in [5.41, 5.74) is 2.13. The first-order valence-corrected chi connectivity index (χ1v) is 7.86. The van der Waals surface area contributed by atoms with Gasteiger partial charge in [0, 0.05) is 23.2 Å². The summed E-state index contributed by atoms with van der Waals surface area (Å²) in [6, 6.07) is 16.3. The minimum Gasteiger partial charge on any atom is -0.326 e. The van der Waals surface area contributed by atoms with Gasteiger partial charge in [-0.3, -0.25) is 9.59 Å². The van der Waals surface area contributed by atoms with E-state index in [0.29, 0.717) is 23.6 Å². The van der Waals surface area contributed by atoms with Crippen LogP contribution in [0.3, 0.4) is 0 Å². The van der Waals surface area contributed by atoms with Crippen LogP contribution in [0.4, 0.5) is 5.69 Å². The number of rotatable bonds is 6. The van der Waals surface area contributed by atoms with Crippen molar-refractivity contribution in [1.82, 2.24) is 20.2 Å². The quantitative estimate of drug-likeness (QED) is 0.699. The molecule has 0 fully saturated rings. The van der Waals surface area contributed by atoms with Crippen LogP contribution in [-0.2, 0) is 11.3 Å². The minimum absolute atomic E-state index is 0.00986. The zero-order chi connectivity index (χ0) is 17.6. The van der Waals surface area contributed by atoms with Gasteiger partial charge < -0.3 is 5.32 Å². The van der Waals surface area contributed by atoms with Gasteiger partial charge in [-0.15, -0.1) is 10.2 Å². The van der Waals surface area contributed by atoms with Crippen molar-refractivity contribution in [3.8, 4) is 11.4 Å². The molecule has 0 bridgehead atoms. The zero-order valence-electron chi connectivity index (χ0n) is 13.7. The lowest BCUT2D eigenvalue weighted by Crippen LogP contribution is -2.15. The monoisotopic (exact) mass is 335 g/mol. The maximum absolute atomic E-state index is 12.0. The van der Waals surface area contributed by atoms with Crippen LogP contribution >= 0.6 is 0 Å². The van der Waals surface area contributed by atoms with Gasteiger partial charge in [-0.05, 0) is 36.4 Å². The Morgan fingerprint density at radius 1 is 1.04 bits per heavy atom. The standard InChI is InChI=1S/C18H17N5O2/c1-13(24)14-7-9-16(10-8-14)19-17(25)11-12-23-21-18(20-22-23)15-5-3-2-4-6-15/h2-10H,11-12H2,1H3,(H,19,25). The van der Waals surface area contributed by atoms with Crippen LogP contribution in [0.2, 0.25) is 0 Å². The number of amides is 1. The van der Waals surface area contributed by atoms with Crippen LogP contribution < -0.4 is 5.32 Å². The van der Waals surface area contributed by atoms with Gasteiger partial charge in [-0.25, -0.2) is 0 Å². The van der Waals surface area contributed by atoms with E-state index in [4.69, 9.17) is 0 Å². The summed E-state index contributed by atoms with van der Waals surface area (Å²) in [5.74, 6) is 0.360. The van der Waals surface area contributed by atoms with Crippen LogP contribution in [0.15, 0.2) is 54.6 Å². The van der Waals surface area contributed by atoms with Gasteiger partial charge in [-0.2, -0.15) is 4.80 Å². The van der Waals surface area contributed by atoms with E-state index in [-0.39, 0.29) is 18.1 Å². The molecule has 0 saturated carbocycles. The molecule has 7 nitrogen and oxygen atoms in total. The lowest BCUT2D eigenvalue weighted by Gasteiger charge is -2.05. The highest BCUT2D eigenvalue weighted by molar-refractivity contribution is 5.95. The number of tetrazole rings is 1. The molecule has 0 spiro atoms. The Kier molecular flexibility index (Phi) is 4.94. The van der Waals surface area contributed by atoms with Crippen molar-refractivity contribution in [3.05, 3.63) is 60.2 Å². The van der Waals surface area contributed by atoms with E-state index < -0.39 is 0 Å². The zero-order valence-corrected chi connectivity index (χ0v) is 13.7. The molecule has 25 heavy (non-hydrogen) atoms. The number of hydrogen-bond donors (Lipinski definition) is 1. The summed E-state index contributed by atoms with van der Waals surface area (Å²) in [6.45, 7) is 1.83. The van der Waals surface area contributed by atoms with Gasteiger partial charge in [0.05, 0.1) is 6.54 Å². The number of carbonyl (C=O) groups is 2. The van der Waals surface area contributed by atoms with Crippen LogP contribution in [-0.4, -0.2) is 31.9 Å². The van der Waals surface area contributed by atoms with Crippen LogP contribution in [0.1, 0.15) is 23.7 Å². The van der Waals surface area contributed by atoms with Gasteiger partial charge in [0.2, 0.25) is 11.7 Å². The van der Waals surface area contributed by atoms with E-state index in [2.05, 4.69) is 20.7 Å². The second kappa shape index (κ2) is 7.48. The van der Waals surface area contributed by atoms with Crippen molar-refractivity contribution < 1.29 is 9.59 Å². The van der Waals surface area contributed by atoms with Crippen molar-refractivity contribution in [1.29, 1.82) is 0 Å². The number of Topliss-reactive ketones (excluding diaryl/α,β-unsaturated/α-hetero) is 1. The third kappa shape index (κ3) is 4.35.